The Labute approximate surface area is 120 Å². The van der Waals surface area contributed by atoms with Gasteiger partial charge in [0, 0.05) is 24.0 Å². The summed E-state index contributed by atoms with van der Waals surface area (Å²) >= 11 is 0. The van der Waals surface area contributed by atoms with E-state index in [9.17, 15) is 4.79 Å². The van der Waals surface area contributed by atoms with Gasteiger partial charge in [0.15, 0.2) is 5.78 Å². The van der Waals surface area contributed by atoms with Crippen LogP contribution in [0.2, 0.25) is 0 Å². The lowest BCUT2D eigenvalue weighted by Crippen LogP contribution is -2.34. The third kappa shape index (κ3) is 2.77. The Balaban J connectivity index is 2.33. The molecule has 0 radical (unpaired) electrons. The molecule has 20 heavy (non-hydrogen) atoms. The lowest BCUT2D eigenvalue weighted by molar-refractivity contribution is -0.112. The second-order valence-electron chi connectivity index (χ2n) is 5.64. The standard InChI is InChI=1S/C17H21NO2/c1-5-16(19)15-12-18(11-10-17(15,2)3)13-6-8-14(20-4)9-7-13/h5-9,12H,1,10-11H2,2-4H3. The van der Waals surface area contributed by atoms with Gasteiger partial charge >= 0.3 is 0 Å². The zero-order valence-electron chi connectivity index (χ0n) is 12.3. The highest BCUT2D eigenvalue weighted by Gasteiger charge is 2.32. The number of allylic oxidation sites excluding steroid dienone is 2. The molecule has 0 atom stereocenters. The van der Waals surface area contributed by atoms with Crippen molar-refractivity contribution in [1.82, 2.24) is 0 Å². The molecule has 1 heterocycles. The van der Waals surface area contributed by atoms with Crippen LogP contribution in [0.5, 0.6) is 5.75 Å². The zero-order valence-corrected chi connectivity index (χ0v) is 12.3. The third-order valence-corrected chi connectivity index (χ3v) is 3.85. The van der Waals surface area contributed by atoms with E-state index >= 15 is 0 Å². The molecular formula is C17H21NO2. The highest BCUT2D eigenvalue weighted by molar-refractivity contribution is 6.05. The van der Waals surface area contributed by atoms with Crippen molar-refractivity contribution in [2.24, 2.45) is 5.41 Å². The largest absolute Gasteiger partial charge is 0.497 e. The van der Waals surface area contributed by atoms with E-state index in [0.29, 0.717) is 0 Å². The molecule has 0 unspecified atom stereocenters. The summed E-state index contributed by atoms with van der Waals surface area (Å²) < 4.78 is 5.17. The van der Waals surface area contributed by atoms with Gasteiger partial charge in [-0.2, -0.15) is 0 Å². The van der Waals surface area contributed by atoms with Crippen molar-refractivity contribution in [2.45, 2.75) is 20.3 Å². The lowest BCUT2D eigenvalue weighted by Gasteiger charge is -2.36. The molecule has 106 valence electrons. The van der Waals surface area contributed by atoms with Gasteiger partial charge in [0.2, 0.25) is 0 Å². The number of carbonyl (C=O) groups excluding carboxylic acids is 1. The molecule has 0 spiro atoms. The van der Waals surface area contributed by atoms with E-state index in [1.165, 1.54) is 6.08 Å². The molecule has 0 saturated carbocycles. The van der Waals surface area contributed by atoms with Crippen LogP contribution in [0.15, 0.2) is 48.7 Å². The van der Waals surface area contributed by atoms with Crippen LogP contribution >= 0.6 is 0 Å². The molecule has 0 N–H and O–H groups in total. The SMILES string of the molecule is C=CC(=O)C1=CN(c2ccc(OC)cc2)CCC1(C)C. The summed E-state index contributed by atoms with van der Waals surface area (Å²) in [6.45, 7) is 8.70. The van der Waals surface area contributed by atoms with Gasteiger partial charge in [-0.1, -0.05) is 20.4 Å². The molecule has 0 amide bonds. The first-order valence-electron chi connectivity index (χ1n) is 6.78. The molecule has 2 rings (SSSR count). The first-order valence-corrected chi connectivity index (χ1v) is 6.78. The van der Waals surface area contributed by atoms with Crippen LogP contribution in [0.4, 0.5) is 5.69 Å². The third-order valence-electron chi connectivity index (χ3n) is 3.85. The summed E-state index contributed by atoms with van der Waals surface area (Å²) in [5.41, 5.74) is 1.78. The molecular weight excluding hydrogens is 250 g/mol. The topological polar surface area (TPSA) is 29.5 Å². The second-order valence-corrected chi connectivity index (χ2v) is 5.64. The van der Waals surface area contributed by atoms with Gasteiger partial charge in [0.25, 0.3) is 0 Å². The number of ether oxygens (including phenoxy) is 1. The molecule has 3 nitrogen and oxygen atoms in total. The Hall–Kier alpha value is -2.03. The lowest BCUT2D eigenvalue weighted by atomic mass is 9.77. The Morgan fingerprint density at radius 2 is 2.00 bits per heavy atom. The van der Waals surface area contributed by atoms with Gasteiger partial charge in [0.1, 0.15) is 5.75 Å². The van der Waals surface area contributed by atoms with Crippen molar-refractivity contribution in [3.63, 3.8) is 0 Å². The van der Waals surface area contributed by atoms with E-state index in [1.807, 2.05) is 30.5 Å². The van der Waals surface area contributed by atoms with Crippen LogP contribution in [0.3, 0.4) is 0 Å². The molecule has 0 bridgehead atoms. The maximum atomic E-state index is 12.0. The van der Waals surface area contributed by atoms with Crippen molar-refractivity contribution in [3.05, 3.63) is 48.7 Å². The maximum absolute atomic E-state index is 12.0. The highest BCUT2D eigenvalue weighted by Crippen LogP contribution is 2.37. The Kier molecular flexibility index (Phi) is 3.98. The minimum atomic E-state index is -0.103. The number of hydrogen-bond acceptors (Lipinski definition) is 3. The van der Waals surface area contributed by atoms with Crippen molar-refractivity contribution < 1.29 is 9.53 Å². The van der Waals surface area contributed by atoms with Gasteiger partial charge in [-0.15, -0.1) is 0 Å². The normalized spacial score (nSPS) is 17.4. The molecule has 0 saturated heterocycles. The predicted molar refractivity (Wildman–Crippen MR) is 82.0 cm³/mol. The number of rotatable bonds is 4. The maximum Gasteiger partial charge on any atom is 0.183 e. The molecule has 1 aromatic carbocycles. The van der Waals surface area contributed by atoms with E-state index in [4.69, 9.17) is 4.74 Å². The van der Waals surface area contributed by atoms with Crippen LogP contribution in [-0.2, 0) is 4.79 Å². The number of hydrogen-bond donors (Lipinski definition) is 0. The summed E-state index contributed by atoms with van der Waals surface area (Å²) in [7, 11) is 1.65. The fourth-order valence-electron chi connectivity index (χ4n) is 2.41. The van der Waals surface area contributed by atoms with Gasteiger partial charge in [-0.05, 0) is 42.2 Å². The molecule has 1 aliphatic heterocycles. The highest BCUT2D eigenvalue weighted by atomic mass is 16.5. The Morgan fingerprint density at radius 3 is 2.55 bits per heavy atom. The Bertz CT molecular complexity index is 541. The van der Waals surface area contributed by atoms with E-state index in [-0.39, 0.29) is 11.2 Å². The van der Waals surface area contributed by atoms with Crippen LogP contribution in [0.1, 0.15) is 20.3 Å². The molecule has 0 fully saturated rings. The summed E-state index contributed by atoms with van der Waals surface area (Å²) in [4.78, 5) is 14.1. The zero-order chi connectivity index (χ0) is 14.8. The van der Waals surface area contributed by atoms with Crippen molar-refractivity contribution in [1.29, 1.82) is 0 Å². The van der Waals surface area contributed by atoms with Crippen LogP contribution < -0.4 is 9.64 Å². The average molecular weight is 271 g/mol. The van der Waals surface area contributed by atoms with Gasteiger partial charge in [0.05, 0.1) is 7.11 Å². The summed E-state index contributed by atoms with van der Waals surface area (Å²) in [6.07, 6.45) is 4.28. The van der Waals surface area contributed by atoms with Crippen molar-refractivity contribution >= 4 is 11.5 Å². The molecule has 1 aromatic rings. The number of methoxy groups -OCH3 is 1. The fraction of sp³-hybridized carbons (Fsp3) is 0.353. The van der Waals surface area contributed by atoms with Crippen LogP contribution in [0, 0.1) is 5.41 Å². The summed E-state index contributed by atoms with van der Waals surface area (Å²) in [6, 6.07) is 7.86. The summed E-state index contributed by atoms with van der Waals surface area (Å²) in [5, 5.41) is 0. The number of ketones is 1. The van der Waals surface area contributed by atoms with E-state index in [0.717, 1.165) is 30.0 Å². The first-order chi connectivity index (χ1) is 9.47. The molecule has 0 aliphatic carbocycles. The van der Waals surface area contributed by atoms with E-state index in [1.54, 1.807) is 7.11 Å². The number of carbonyl (C=O) groups is 1. The molecule has 1 aliphatic rings. The minimum absolute atomic E-state index is 0.00760. The smallest absolute Gasteiger partial charge is 0.183 e. The monoisotopic (exact) mass is 271 g/mol. The van der Waals surface area contributed by atoms with Gasteiger partial charge in [-0.3, -0.25) is 4.79 Å². The van der Waals surface area contributed by atoms with Crippen molar-refractivity contribution in [2.75, 3.05) is 18.6 Å². The molecule has 0 aromatic heterocycles. The average Bonchev–Trinajstić information content (AvgIpc) is 2.46. The predicted octanol–water partition coefficient (Wildman–Crippen LogP) is 3.57. The summed E-state index contributed by atoms with van der Waals surface area (Å²) in [5.74, 6) is 0.839. The van der Waals surface area contributed by atoms with E-state index in [2.05, 4.69) is 25.3 Å². The van der Waals surface area contributed by atoms with Crippen LogP contribution in [-0.4, -0.2) is 19.4 Å². The number of benzene rings is 1. The Morgan fingerprint density at radius 1 is 1.35 bits per heavy atom. The fourth-order valence-corrected chi connectivity index (χ4v) is 2.41. The minimum Gasteiger partial charge on any atom is -0.497 e. The first kappa shape index (κ1) is 14.4. The van der Waals surface area contributed by atoms with Crippen molar-refractivity contribution in [3.8, 4) is 5.75 Å². The number of nitrogens with zero attached hydrogens (tertiary/aromatic N) is 1. The second kappa shape index (κ2) is 5.53. The van der Waals surface area contributed by atoms with Gasteiger partial charge in [-0.25, -0.2) is 0 Å². The number of anilines is 1. The van der Waals surface area contributed by atoms with Gasteiger partial charge < -0.3 is 9.64 Å². The van der Waals surface area contributed by atoms with E-state index < -0.39 is 0 Å². The molecule has 3 heteroatoms. The van der Waals surface area contributed by atoms with Crippen LogP contribution in [0.25, 0.3) is 0 Å². The quantitative estimate of drug-likeness (QED) is 0.784.